The van der Waals surface area contributed by atoms with Crippen LogP contribution in [0.2, 0.25) is 0 Å². The second-order valence-electron chi connectivity index (χ2n) is 14.2. The first-order valence-corrected chi connectivity index (χ1v) is 18.0. The first-order valence-electron chi connectivity index (χ1n) is 18.0. The molecule has 51 heavy (non-hydrogen) atoms. The summed E-state index contributed by atoms with van der Waals surface area (Å²) >= 11 is 0. The molecule has 0 saturated carbocycles. The topological polar surface area (TPSA) is 130 Å². The number of rotatable bonds is 14. The van der Waals surface area contributed by atoms with E-state index in [1.807, 2.05) is 78.9 Å². The van der Waals surface area contributed by atoms with Gasteiger partial charge in [-0.25, -0.2) is 4.79 Å². The predicted molar refractivity (Wildman–Crippen MR) is 192 cm³/mol. The number of ether oxygens (including phenoxy) is 4. The van der Waals surface area contributed by atoms with Gasteiger partial charge in [0.1, 0.15) is 24.0 Å². The Bertz CT molecular complexity index is 1580. The van der Waals surface area contributed by atoms with Crippen molar-refractivity contribution < 1.29 is 38.7 Å². The third-order valence-electron chi connectivity index (χ3n) is 10.4. The van der Waals surface area contributed by atoms with Crippen molar-refractivity contribution in [2.24, 2.45) is 0 Å². The summed E-state index contributed by atoms with van der Waals surface area (Å²) in [6, 6.07) is 23.6. The van der Waals surface area contributed by atoms with E-state index in [1.165, 1.54) is 4.90 Å². The van der Waals surface area contributed by atoms with Gasteiger partial charge in [0.2, 0.25) is 5.91 Å². The highest BCUT2D eigenvalue weighted by atomic mass is 16.6. The highest BCUT2D eigenvalue weighted by Gasteiger charge is 2.41. The molecule has 0 unspecified atom stereocenters. The molecule has 6 atom stereocenters. The number of alkyl carbamates (subject to hydrolysis) is 1. The standard InChI is InChI=1S/C40H51N3O8/c1-40(16-20-49-27-40)51-39(47)41-34(38(46)42(2)37-32-11-7-6-10-30(32)25-36(37)45)26-35(44)33(24-28-8-4-3-5-9-28)29-12-14-31(15-13-29)50-23-19-43-17-21-48-22-18-43/h3-15,33-37,44-45H,16-27H2,1-2H3,(H,41,47)/t33-,34+,35-,36+,37-,40-/m0/s1. The van der Waals surface area contributed by atoms with E-state index in [0.29, 0.717) is 32.5 Å². The van der Waals surface area contributed by atoms with Crippen LogP contribution in [0.15, 0.2) is 78.9 Å². The van der Waals surface area contributed by atoms with E-state index in [4.69, 9.17) is 18.9 Å². The lowest BCUT2D eigenvalue weighted by atomic mass is 9.84. The minimum atomic E-state index is -1.13. The average Bonchev–Trinajstić information content (AvgIpc) is 3.72. The second kappa shape index (κ2) is 17.0. The Kier molecular flexibility index (Phi) is 12.3. The van der Waals surface area contributed by atoms with Gasteiger partial charge in [-0.05, 0) is 47.7 Å². The van der Waals surface area contributed by atoms with Crippen LogP contribution in [0.5, 0.6) is 5.75 Å². The van der Waals surface area contributed by atoms with Gasteiger partial charge >= 0.3 is 6.09 Å². The van der Waals surface area contributed by atoms with Crippen molar-refractivity contribution in [3.05, 3.63) is 101 Å². The highest BCUT2D eigenvalue weighted by molar-refractivity contribution is 5.86. The lowest BCUT2D eigenvalue weighted by molar-refractivity contribution is -0.137. The van der Waals surface area contributed by atoms with Crippen molar-refractivity contribution in [1.29, 1.82) is 0 Å². The van der Waals surface area contributed by atoms with Crippen LogP contribution in [-0.4, -0.2) is 116 Å². The van der Waals surface area contributed by atoms with Crippen LogP contribution in [0, 0.1) is 0 Å². The Morgan fingerprint density at radius 3 is 2.45 bits per heavy atom. The maximum absolute atomic E-state index is 14.3. The Balaban J connectivity index is 1.21. The fraction of sp³-hybridized carbons (Fsp3) is 0.500. The van der Waals surface area contributed by atoms with E-state index in [2.05, 4.69) is 10.2 Å². The molecular weight excluding hydrogens is 650 g/mol. The van der Waals surface area contributed by atoms with Crippen LogP contribution in [0.25, 0.3) is 0 Å². The zero-order valence-electron chi connectivity index (χ0n) is 29.6. The van der Waals surface area contributed by atoms with E-state index in [0.717, 1.165) is 60.9 Å². The fourth-order valence-corrected chi connectivity index (χ4v) is 7.43. The number of aliphatic hydroxyl groups is 2. The molecule has 11 nitrogen and oxygen atoms in total. The lowest BCUT2D eigenvalue weighted by Gasteiger charge is -2.34. The molecule has 2 saturated heterocycles. The molecule has 2 fully saturated rings. The molecule has 3 aromatic carbocycles. The molecule has 0 bridgehead atoms. The number of fused-ring (bicyclic) bond motifs is 1. The summed E-state index contributed by atoms with van der Waals surface area (Å²) in [7, 11) is 1.63. The Hall–Kier alpha value is -4.00. The molecule has 3 aliphatic rings. The number of likely N-dealkylation sites (N-methyl/N-ethyl adjacent to an activating group) is 1. The summed E-state index contributed by atoms with van der Waals surface area (Å²) in [5.74, 6) is -0.104. The predicted octanol–water partition coefficient (Wildman–Crippen LogP) is 3.87. The number of morpholine rings is 1. The Labute approximate surface area is 300 Å². The van der Waals surface area contributed by atoms with Crippen molar-refractivity contribution in [2.75, 3.05) is 59.7 Å². The zero-order valence-corrected chi connectivity index (χ0v) is 29.6. The van der Waals surface area contributed by atoms with Gasteiger partial charge in [-0.3, -0.25) is 9.69 Å². The summed E-state index contributed by atoms with van der Waals surface area (Å²) in [5.41, 5.74) is 2.94. The van der Waals surface area contributed by atoms with E-state index >= 15 is 0 Å². The minimum Gasteiger partial charge on any atom is -0.492 e. The molecule has 274 valence electrons. The summed E-state index contributed by atoms with van der Waals surface area (Å²) in [6.07, 6.45) is -1.20. The fourth-order valence-electron chi connectivity index (χ4n) is 7.43. The van der Waals surface area contributed by atoms with Crippen LogP contribution in [0.4, 0.5) is 4.79 Å². The van der Waals surface area contributed by atoms with Crippen LogP contribution in [0.3, 0.4) is 0 Å². The van der Waals surface area contributed by atoms with Gasteiger partial charge < -0.3 is 39.4 Å². The average molecular weight is 702 g/mol. The normalized spacial score (nSPS) is 23.5. The molecule has 1 aliphatic carbocycles. The first kappa shape index (κ1) is 36.8. The number of hydrogen-bond acceptors (Lipinski definition) is 9. The van der Waals surface area contributed by atoms with Gasteiger partial charge in [0.15, 0.2) is 0 Å². The number of carbonyl (C=O) groups is 2. The molecule has 2 aliphatic heterocycles. The van der Waals surface area contributed by atoms with Crippen LogP contribution >= 0.6 is 0 Å². The van der Waals surface area contributed by atoms with Crippen molar-refractivity contribution in [3.8, 4) is 5.75 Å². The van der Waals surface area contributed by atoms with Gasteiger partial charge in [0, 0.05) is 51.9 Å². The van der Waals surface area contributed by atoms with Gasteiger partial charge in [-0.2, -0.15) is 0 Å². The Morgan fingerprint density at radius 1 is 1.00 bits per heavy atom. The summed E-state index contributed by atoms with van der Waals surface area (Å²) < 4.78 is 22.7. The molecule has 2 amide bonds. The number of hydrogen-bond donors (Lipinski definition) is 3. The number of benzene rings is 3. The second-order valence-corrected chi connectivity index (χ2v) is 14.2. The van der Waals surface area contributed by atoms with Gasteiger partial charge in [0.05, 0.1) is 44.7 Å². The minimum absolute atomic E-state index is 0.0781. The summed E-state index contributed by atoms with van der Waals surface area (Å²) in [6.45, 7) is 7.19. The van der Waals surface area contributed by atoms with Crippen LogP contribution < -0.4 is 10.1 Å². The summed E-state index contributed by atoms with van der Waals surface area (Å²) in [4.78, 5) is 31.5. The molecule has 0 spiro atoms. The maximum Gasteiger partial charge on any atom is 0.408 e. The SMILES string of the molecule is CN(C(=O)[C@@H](C[C@H](O)[C@@H](Cc1ccccc1)c1ccc(OCCN2CCOCC2)cc1)NC(=O)O[C@@]1(C)CCOC1)[C@H]1c2ccccc2C[C@H]1O. The van der Waals surface area contributed by atoms with Crippen molar-refractivity contribution >= 4 is 12.0 Å². The molecule has 3 N–H and O–H groups in total. The molecular formula is C40H51N3O8. The lowest BCUT2D eigenvalue weighted by Crippen LogP contribution is -2.52. The third-order valence-corrected chi connectivity index (χ3v) is 10.4. The molecule has 11 heteroatoms. The number of aliphatic hydroxyl groups excluding tert-OH is 2. The van der Waals surface area contributed by atoms with E-state index in [9.17, 15) is 19.8 Å². The summed E-state index contributed by atoms with van der Waals surface area (Å²) in [5, 5.41) is 25.9. The number of carbonyl (C=O) groups excluding carboxylic acids is 2. The third kappa shape index (κ3) is 9.46. The van der Waals surface area contributed by atoms with E-state index in [-0.39, 0.29) is 13.0 Å². The number of nitrogens with one attached hydrogen (secondary N) is 1. The maximum atomic E-state index is 14.3. The number of amides is 2. The molecule has 0 aromatic heterocycles. The smallest absolute Gasteiger partial charge is 0.408 e. The molecule has 6 rings (SSSR count). The van der Waals surface area contributed by atoms with Crippen LogP contribution in [0.1, 0.15) is 54.0 Å². The van der Waals surface area contributed by atoms with Gasteiger partial charge in [-0.15, -0.1) is 0 Å². The van der Waals surface area contributed by atoms with Crippen LogP contribution in [-0.2, 0) is 31.8 Å². The number of nitrogens with zero attached hydrogens (tertiary/aromatic N) is 2. The molecule has 3 aromatic rings. The van der Waals surface area contributed by atoms with Crippen molar-refractivity contribution in [1.82, 2.24) is 15.1 Å². The molecule has 0 radical (unpaired) electrons. The van der Waals surface area contributed by atoms with E-state index < -0.39 is 47.8 Å². The first-order chi connectivity index (χ1) is 24.7. The van der Waals surface area contributed by atoms with Crippen molar-refractivity contribution in [2.45, 2.75) is 68.4 Å². The highest BCUT2D eigenvalue weighted by Crippen LogP contribution is 2.36. The van der Waals surface area contributed by atoms with Crippen molar-refractivity contribution in [3.63, 3.8) is 0 Å². The largest absolute Gasteiger partial charge is 0.492 e. The molecule has 2 heterocycles. The van der Waals surface area contributed by atoms with Gasteiger partial charge in [-0.1, -0.05) is 66.7 Å². The quantitative estimate of drug-likeness (QED) is 0.230. The monoisotopic (exact) mass is 701 g/mol. The Morgan fingerprint density at radius 2 is 1.73 bits per heavy atom. The van der Waals surface area contributed by atoms with Gasteiger partial charge in [0.25, 0.3) is 0 Å². The van der Waals surface area contributed by atoms with E-state index in [1.54, 1.807) is 14.0 Å². The zero-order chi connectivity index (χ0) is 35.8.